The predicted octanol–water partition coefficient (Wildman–Crippen LogP) is 1.36. The van der Waals surface area contributed by atoms with Crippen molar-refractivity contribution in [1.29, 1.82) is 0 Å². The third-order valence-corrected chi connectivity index (χ3v) is 3.62. The number of quaternary nitrogens is 1. The van der Waals surface area contributed by atoms with Crippen molar-refractivity contribution in [3.63, 3.8) is 0 Å². The molecule has 0 bridgehead atoms. The molecule has 0 aliphatic carbocycles. The number of hydrogen-bond donors (Lipinski definition) is 0. The van der Waals surface area contributed by atoms with Gasteiger partial charge in [-0.15, -0.1) is 0 Å². The first-order chi connectivity index (χ1) is 4.54. The maximum absolute atomic E-state index is 10.6. The van der Waals surface area contributed by atoms with Gasteiger partial charge < -0.3 is 4.48 Å². The van der Waals surface area contributed by atoms with Gasteiger partial charge in [0.2, 0.25) is 0 Å². The van der Waals surface area contributed by atoms with Crippen LogP contribution in [0.15, 0.2) is 0 Å². The lowest BCUT2D eigenvalue weighted by atomic mass is 10.4. The molecule has 1 aliphatic heterocycles. The molecule has 1 saturated heterocycles. The molecule has 0 amide bonds. The predicted molar refractivity (Wildman–Crippen MR) is 38.3 cm³/mol. The summed E-state index contributed by atoms with van der Waals surface area (Å²) in [6.45, 7) is 0.994. The van der Waals surface area contributed by atoms with Crippen molar-refractivity contribution in [2.24, 2.45) is 0 Å². The topological polar surface area (TPSA) is 34.1 Å². The van der Waals surface area contributed by atoms with Gasteiger partial charge in [-0.1, -0.05) is 0 Å². The van der Waals surface area contributed by atoms with Crippen molar-refractivity contribution in [2.75, 3.05) is 20.6 Å². The van der Waals surface area contributed by atoms with Crippen molar-refractivity contribution in [3.05, 3.63) is 0 Å². The van der Waals surface area contributed by atoms with Gasteiger partial charge in [0, 0.05) is 12.8 Å². The Morgan fingerprint density at radius 1 is 1.40 bits per heavy atom. The van der Waals surface area contributed by atoms with E-state index in [1.165, 1.54) is 0 Å². The molecule has 58 valence electrons. The fourth-order valence-electron chi connectivity index (χ4n) is 1.54. The molecule has 1 rings (SSSR count). The van der Waals surface area contributed by atoms with Crippen molar-refractivity contribution < 1.29 is 13.6 Å². The summed E-state index contributed by atoms with van der Waals surface area (Å²) in [4.78, 5) is 0. The van der Waals surface area contributed by atoms with E-state index in [0.29, 0.717) is 4.48 Å². The molecule has 4 heteroatoms. The number of hydrogen-bond acceptors (Lipinski definition) is 2. The van der Waals surface area contributed by atoms with E-state index in [1.807, 2.05) is 14.1 Å². The van der Waals surface area contributed by atoms with Crippen LogP contribution in [0.3, 0.4) is 0 Å². The van der Waals surface area contributed by atoms with E-state index in [2.05, 4.69) is 0 Å². The van der Waals surface area contributed by atoms with Crippen LogP contribution in [-0.4, -0.2) is 30.9 Å². The first kappa shape index (κ1) is 7.96. The minimum atomic E-state index is -2.22. The molecule has 0 radical (unpaired) electrons. The zero-order valence-electron chi connectivity index (χ0n) is 6.41. The van der Waals surface area contributed by atoms with E-state index in [1.54, 1.807) is 0 Å². The second-order valence-electron chi connectivity index (χ2n) is 3.41. The van der Waals surface area contributed by atoms with E-state index >= 15 is 0 Å². The van der Waals surface area contributed by atoms with Crippen LogP contribution < -0.4 is 0 Å². The lowest BCUT2D eigenvalue weighted by molar-refractivity contribution is -0.888. The van der Waals surface area contributed by atoms with Crippen LogP contribution >= 0.6 is 7.68 Å². The largest absolute Gasteiger partial charge is 0.375 e. The van der Waals surface area contributed by atoms with E-state index in [4.69, 9.17) is 0 Å². The molecule has 1 unspecified atom stereocenters. The van der Waals surface area contributed by atoms with Gasteiger partial charge in [0.15, 0.2) is 5.78 Å². The summed E-state index contributed by atoms with van der Waals surface area (Å²) in [5.41, 5.74) is 0. The Morgan fingerprint density at radius 2 is 2.00 bits per heavy atom. The standard InChI is InChI=1S/C6H13NO2P/c1-7(2)5-3-4-6(7)10(8)9/h6H,3-5H2,1-2H3/q+1. The van der Waals surface area contributed by atoms with E-state index < -0.39 is 7.68 Å². The molecule has 0 N–H and O–H groups in total. The highest BCUT2D eigenvalue weighted by molar-refractivity contribution is 7.31. The molecule has 10 heavy (non-hydrogen) atoms. The summed E-state index contributed by atoms with van der Waals surface area (Å²) in [5, 5.41) is 0. The van der Waals surface area contributed by atoms with Crippen LogP contribution in [0.2, 0.25) is 0 Å². The third kappa shape index (κ3) is 1.30. The Morgan fingerprint density at radius 3 is 2.20 bits per heavy atom. The number of likely N-dealkylation sites (tertiary alicyclic amines) is 1. The van der Waals surface area contributed by atoms with E-state index in [-0.39, 0.29) is 5.78 Å². The maximum atomic E-state index is 10.6. The Bertz CT molecular complexity index is 190. The van der Waals surface area contributed by atoms with E-state index in [0.717, 1.165) is 19.4 Å². The van der Waals surface area contributed by atoms with Crippen molar-refractivity contribution in [1.82, 2.24) is 0 Å². The van der Waals surface area contributed by atoms with Crippen LogP contribution in [0.25, 0.3) is 0 Å². The SMILES string of the molecule is C[N+]1(C)CCCC1P(=O)=O. The summed E-state index contributed by atoms with van der Waals surface area (Å²) >= 11 is 0. The normalized spacial score (nSPS) is 30.4. The molecule has 3 nitrogen and oxygen atoms in total. The molecule has 0 spiro atoms. The summed E-state index contributed by atoms with van der Waals surface area (Å²) < 4.78 is 21.9. The fourth-order valence-corrected chi connectivity index (χ4v) is 2.56. The molecule has 0 saturated carbocycles. The monoisotopic (exact) mass is 162 g/mol. The smallest absolute Gasteiger partial charge is 0.314 e. The van der Waals surface area contributed by atoms with Crippen LogP contribution in [0.1, 0.15) is 12.8 Å². The Kier molecular flexibility index (Phi) is 1.97. The molecular formula is C6H13NO2P+. The zero-order chi connectivity index (χ0) is 7.78. The lowest BCUT2D eigenvalue weighted by Gasteiger charge is -2.26. The van der Waals surface area contributed by atoms with Gasteiger partial charge >= 0.3 is 7.68 Å². The highest BCUT2D eigenvalue weighted by atomic mass is 31.1. The van der Waals surface area contributed by atoms with Crippen LogP contribution in [0.5, 0.6) is 0 Å². The second-order valence-corrected chi connectivity index (χ2v) is 4.58. The van der Waals surface area contributed by atoms with Crippen molar-refractivity contribution >= 4 is 7.68 Å². The van der Waals surface area contributed by atoms with Crippen LogP contribution in [0, 0.1) is 0 Å². The first-order valence-corrected chi connectivity index (χ1v) is 4.75. The summed E-state index contributed by atoms with van der Waals surface area (Å²) in [6, 6.07) is 0. The maximum Gasteiger partial charge on any atom is 0.375 e. The van der Waals surface area contributed by atoms with E-state index in [9.17, 15) is 9.13 Å². The fraction of sp³-hybridized carbons (Fsp3) is 1.00. The number of nitrogens with zero attached hydrogens (tertiary/aromatic N) is 1. The lowest BCUT2D eigenvalue weighted by Crippen LogP contribution is -2.41. The summed E-state index contributed by atoms with van der Waals surface area (Å²) in [5.74, 6) is -0.130. The van der Waals surface area contributed by atoms with Crippen molar-refractivity contribution in [3.8, 4) is 0 Å². The summed E-state index contributed by atoms with van der Waals surface area (Å²) in [7, 11) is 1.73. The molecule has 0 aromatic heterocycles. The first-order valence-electron chi connectivity index (χ1n) is 3.50. The number of rotatable bonds is 1. The molecular weight excluding hydrogens is 149 g/mol. The van der Waals surface area contributed by atoms with Gasteiger partial charge in [0.05, 0.1) is 20.6 Å². The van der Waals surface area contributed by atoms with Gasteiger partial charge in [-0.05, 0) is 0 Å². The molecule has 1 atom stereocenters. The average Bonchev–Trinajstić information content (AvgIpc) is 2.08. The van der Waals surface area contributed by atoms with Gasteiger partial charge in [-0.3, -0.25) is 0 Å². The zero-order valence-corrected chi connectivity index (χ0v) is 7.30. The highest BCUT2D eigenvalue weighted by Gasteiger charge is 2.38. The quantitative estimate of drug-likeness (QED) is 0.431. The Hall–Kier alpha value is -0.140. The second kappa shape index (κ2) is 2.48. The Balaban J connectivity index is 2.78. The van der Waals surface area contributed by atoms with Gasteiger partial charge in [-0.2, -0.15) is 0 Å². The minimum absolute atomic E-state index is 0.130. The third-order valence-electron chi connectivity index (χ3n) is 2.25. The minimum Gasteiger partial charge on any atom is -0.314 e. The molecule has 1 fully saturated rings. The van der Waals surface area contributed by atoms with Crippen LogP contribution in [-0.2, 0) is 9.13 Å². The van der Waals surface area contributed by atoms with Gasteiger partial charge in [-0.25, -0.2) is 9.13 Å². The molecule has 0 aromatic carbocycles. The average molecular weight is 162 g/mol. The highest BCUT2D eigenvalue weighted by Crippen LogP contribution is 2.33. The molecule has 1 aliphatic rings. The van der Waals surface area contributed by atoms with Gasteiger partial charge in [0.25, 0.3) is 0 Å². The Labute approximate surface area is 61.4 Å². The molecule has 0 aromatic rings. The molecule has 1 heterocycles. The van der Waals surface area contributed by atoms with Crippen LogP contribution in [0.4, 0.5) is 0 Å². The van der Waals surface area contributed by atoms with Gasteiger partial charge in [0.1, 0.15) is 0 Å². The van der Waals surface area contributed by atoms with Crippen molar-refractivity contribution in [2.45, 2.75) is 18.6 Å². The summed E-state index contributed by atoms with van der Waals surface area (Å²) in [6.07, 6.45) is 1.88.